The number of alkyl halides is 4. The number of amides is 1. The van der Waals surface area contributed by atoms with Crippen molar-refractivity contribution in [2.45, 2.75) is 49.6 Å². The Bertz CT molecular complexity index is 720. The van der Waals surface area contributed by atoms with Gasteiger partial charge in [-0.05, 0) is 68.6 Å². The van der Waals surface area contributed by atoms with E-state index in [0.29, 0.717) is 18.3 Å². The van der Waals surface area contributed by atoms with E-state index in [-0.39, 0.29) is 21.5 Å². The third kappa shape index (κ3) is 3.03. The Balaban J connectivity index is 1.59. The Morgan fingerprint density at radius 2 is 1.80 bits per heavy atom. The van der Waals surface area contributed by atoms with Gasteiger partial charge in [-0.3, -0.25) is 4.79 Å². The standard InChI is InChI=1S/C18H18Cl2F3NO/c19-14-2-1-12(4-13(14)18(21,22)23)24-15(25)16-5-10-3-11(6-16)8-17(20,7-10)9-16/h1-2,4,10-11H,3,5-9H2,(H,24,25). The molecule has 2 atom stereocenters. The number of rotatable bonds is 2. The molecule has 136 valence electrons. The predicted octanol–water partition coefficient (Wildman–Crippen LogP) is 5.88. The molecule has 0 spiro atoms. The van der Waals surface area contributed by atoms with Crippen LogP contribution < -0.4 is 5.32 Å². The van der Waals surface area contributed by atoms with Gasteiger partial charge in [0.1, 0.15) is 0 Å². The van der Waals surface area contributed by atoms with Gasteiger partial charge >= 0.3 is 6.18 Å². The first-order valence-electron chi connectivity index (χ1n) is 8.46. The smallest absolute Gasteiger partial charge is 0.326 e. The highest BCUT2D eigenvalue weighted by atomic mass is 35.5. The first kappa shape index (κ1) is 17.5. The Labute approximate surface area is 154 Å². The maximum Gasteiger partial charge on any atom is 0.417 e. The molecular formula is C18H18Cl2F3NO. The van der Waals surface area contributed by atoms with Crippen LogP contribution in [0.15, 0.2) is 18.2 Å². The van der Waals surface area contributed by atoms with E-state index in [1.54, 1.807) is 0 Å². The Hall–Kier alpha value is -0.940. The minimum absolute atomic E-state index is 0.126. The molecule has 0 heterocycles. The quantitative estimate of drug-likeness (QED) is 0.627. The second-order valence-corrected chi connectivity index (χ2v) is 9.25. The van der Waals surface area contributed by atoms with Gasteiger partial charge in [0.2, 0.25) is 5.91 Å². The lowest BCUT2D eigenvalue weighted by Crippen LogP contribution is -2.57. The van der Waals surface area contributed by atoms with Crippen LogP contribution in [0.3, 0.4) is 0 Å². The van der Waals surface area contributed by atoms with Crippen LogP contribution in [0.5, 0.6) is 0 Å². The molecule has 0 aliphatic heterocycles. The maximum atomic E-state index is 13.0. The maximum absolute atomic E-state index is 13.0. The lowest BCUT2D eigenvalue weighted by atomic mass is 9.49. The second-order valence-electron chi connectivity index (χ2n) is 8.04. The van der Waals surface area contributed by atoms with Crippen LogP contribution in [-0.2, 0) is 11.0 Å². The van der Waals surface area contributed by atoms with Gasteiger partial charge in [0.15, 0.2) is 0 Å². The van der Waals surface area contributed by atoms with Crippen molar-refractivity contribution in [3.63, 3.8) is 0 Å². The molecule has 1 aromatic carbocycles. The normalized spacial score (nSPS) is 36.5. The van der Waals surface area contributed by atoms with Gasteiger partial charge in [0.25, 0.3) is 0 Å². The molecule has 1 amide bonds. The fourth-order valence-corrected chi connectivity index (χ4v) is 6.42. The summed E-state index contributed by atoms with van der Waals surface area (Å²) in [7, 11) is 0. The number of halogens is 5. The van der Waals surface area contributed by atoms with Crippen molar-refractivity contribution in [1.29, 1.82) is 0 Å². The fraction of sp³-hybridized carbons (Fsp3) is 0.611. The molecule has 4 aliphatic carbocycles. The zero-order valence-corrected chi connectivity index (χ0v) is 14.9. The molecule has 0 aromatic heterocycles. The molecule has 1 N–H and O–H groups in total. The molecule has 5 rings (SSSR count). The average molecular weight is 392 g/mol. The van der Waals surface area contributed by atoms with E-state index in [1.807, 2.05) is 0 Å². The van der Waals surface area contributed by atoms with Crippen LogP contribution in [0, 0.1) is 17.3 Å². The van der Waals surface area contributed by atoms with Crippen LogP contribution in [0.1, 0.15) is 44.1 Å². The minimum atomic E-state index is -4.56. The molecule has 7 heteroatoms. The number of anilines is 1. The molecule has 4 saturated carbocycles. The van der Waals surface area contributed by atoms with E-state index in [1.165, 1.54) is 12.1 Å². The molecule has 25 heavy (non-hydrogen) atoms. The van der Waals surface area contributed by atoms with Crippen LogP contribution in [0.4, 0.5) is 18.9 Å². The van der Waals surface area contributed by atoms with Gasteiger partial charge in [-0.25, -0.2) is 0 Å². The largest absolute Gasteiger partial charge is 0.417 e. The molecule has 4 aliphatic rings. The van der Waals surface area contributed by atoms with E-state index in [2.05, 4.69) is 5.32 Å². The van der Waals surface area contributed by atoms with Crippen molar-refractivity contribution in [3.8, 4) is 0 Å². The van der Waals surface area contributed by atoms with E-state index >= 15 is 0 Å². The summed E-state index contributed by atoms with van der Waals surface area (Å²) >= 11 is 12.4. The van der Waals surface area contributed by atoms with Crippen molar-refractivity contribution in [2.75, 3.05) is 5.32 Å². The summed E-state index contributed by atoms with van der Waals surface area (Å²) in [6, 6.07) is 3.48. The Morgan fingerprint density at radius 1 is 1.16 bits per heavy atom. The molecule has 0 saturated heterocycles. The number of carbonyl (C=O) groups is 1. The van der Waals surface area contributed by atoms with Crippen LogP contribution >= 0.6 is 23.2 Å². The third-order valence-corrected chi connectivity index (χ3v) is 6.77. The van der Waals surface area contributed by atoms with E-state index in [4.69, 9.17) is 23.2 Å². The van der Waals surface area contributed by atoms with Crippen LogP contribution in [0.25, 0.3) is 0 Å². The molecule has 0 radical (unpaired) electrons. The first-order chi connectivity index (χ1) is 11.6. The van der Waals surface area contributed by atoms with E-state index < -0.39 is 17.2 Å². The van der Waals surface area contributed by atoms with Crippen molar-refractivity contribution >= 4 is 34.8 Å². The van der Waals surface area contributed by atoms with Gasteiger partial charge in [-0.1, -0.05) is 11.6 Å². The highest BCUT2D eigenvalue weighted by Gasteiger charge is 2.60. The van der Waals surface area contributed by atoms with Crippen molar-refractivity contribution in [2.24, 2.45) is 17.3 Å². The Morgan fingerprint density at radius 3 is 2.36 bits per heavy atom. The van der Waals surface area contributed by atoms with Gasteiger partial charge in [-0.2, -0.15) is 13.2 Å². The van der Waals surface area contributed by atoms with Gasteiger partial charge in [-0.15, -0.1) is 11.6 Å². The first-order valence-corrected chi connectivity index (χ1v) is 9.21. The van der Waals surface area contributed by atoms with Crippen molar-refractivity contribution in [1.82, 2.24) is 0 Å². The van der Waals surface area contributed by atoms with Crippen molar-refractivity contribution in [3.05, 3.63) is 28.8 Å². The number of hydrogen-bond acceptors (Lipinski definition) is 1. The summed E-state index contributed by atoms with van der Waals surface area (Å²) in [4.78, 5) is 12.6. The zero-order valence-electron chi connectivity index (χ0n) is 13.4. The summed E-state index contributed by atoms with van der Waals surface area (Å²) in [5.41, 5.74) is -1.36. The van der Waals surface area contributed by atoms with Gasteiger partial charge in [0.05, 0.1) is 16.0 Å². The van der Waals surface area contributed by atoms with Gasteiger partial charge < -0.3 is 5.32 Å². The lowest BCUT2D eigenvalue weighted by molar-refractivity contribution is -0.139. The zero-order chi connectivity index (χ0) is 18.0. The fourth-order valence-electron chi connectivity index (χ4n) is 5.50. The van der Waals surface area contributed by atoms with Crippen LogP contribution in [0.2, 0.25) is 5.02 Å². The summed E-state index contributed by atoms with van der Waals surface area (Å²) < 4.78 is 39.0. The molecular weight excluding hydrogens is 374 g/mol. The molecule has 4 fully saturated rings. The summed E-state index contributed by atoms with van der Waals surface area (Å²) in [5.74, 6) is 0.683. The highest BCUT2D eigenvalue weighted by Crippen LogP contribution is 2.64. The average Bonchev–Trinajstić information content (AvgIpc) is 2.45. The summed E-state index contributed by atoms with van der Waals surface area (Å²) in [6.07, 6.45) is 0.618. The number of hydrogen-bond donors (Lipinski definition) is 1. The molecule has 2 unspecified atom stereocenters. The lowest BCUT2D eigenvalue weighted by Gasteiger charge is -2.59. The number of benzene rings is 1. The molecule has 2 nitrogen and oxygen atoms in total. The molecule has 4 bridgehead atoms. The van der Waals surface area contributed by atoms with E-state index in [0.717, 1.165) is 38.2 Å². The third-order valence-electron chi connectivity index (χ3n) is 6.00. The number of carbonyl (C=O) groups excluding carboxylic acids is 1. The topological polar surface area (TPSA) is 29.1 Å². The highest BCUT2D eigenvalue weighted by molar-refractivity contribution is 6.31. The minimum Gasteiger partial charge on any atom is -0.326 e. The SMILES string of the molecule is O=C(Nc1ccc(Cl)c(C(F)(F)F)c1)C12CC3CC(CC(Cl)(C3)C1)C2. The van der Waals surface area contributed by atoms with E-state index in [9.17, 15) is 18.0 Å². The van der Waals surface area contributed by atoms with Crippen molar-refractivity contribution < 1.29 is 18.0 Å². The Kier molecular flexibility index (Phi) is 3.86. The number of nitrogens with one attached hydrogen (secondary N) is 1. The summed E-state index contributed by atoms with van der Waals surface area (Å²) in [5, 5.41) is 2.32. The molecule has 1 aromatic rings. The predicted molar refractivity (Wildman–Crippen MR) is 90.8 cm³/mol. The second kappa shape index (κ2) is 5.53. The van der Waals surface area contributed by atoms with Gasteiger partial charge in [0, 0.05) is 10.6 Å². The summed E-state index contributed by atoms with van der Waals surface area (Å²) in [6.45, 7) is 0. The van der Waals surface area contributed by atoms with Crippen LogP contribution in [-0.4, -0.2) is 10.8 Å². The monoisotopic (exact) mass is 391 g/mol.